The molecule has 0 atom stereocenters. The second-order valence-electron chi connectivity index (χ2n) is 3.07. The van der Waals surface area contributed by atoms with Gasteiger partial charge < -0.3 is 10.8 Å². The van der Waals surface area contributed by atoms with Crippen LogP contribution in [0.5, 0.6) is 0 Å². The van der Waals surface area contributed by atoms with Crippen molar-refractivity contribution in [2.24, 2.45) is 0 Å². The Hall–Kier alpha value is -1.24. The highest BCUT2D eigenvalue weighted by Gasteiger charge is 2.16. The van der Waals surface area contributed by atoms with Gasteiger partial charge in [-0.3, -0.25) is 4.79 Å². The van der Waals surface area contributed by atoms with Crippen LogP contribution in [0.25, 0.3) is 0 Å². The van der Waals surface area contributed by atoms with Gasteiger partial charge in [0.25, 0.3) is 6.43 Å². The molecule has 0 bridgehead atoms. The number of anilines is 1. The van der Waals surface area contributed by atoms with Crippen molar-refractivity contribution in [3.05, 3.63) is 22.9 Å². The summed E-state index contributed by atoms with van der Waals surface area (Å²) in [6.07, 6.45) is -3.12. The molecule has 1 aromatic rings. The molecule has 3 N–H and O–H groups in total. The number of rotatable bonds is 4. The number of hydrogen-bond donors (Lipinski definition) is 2. The minimum absolute atomic E-state index is 0.0640. The second-order valence-corrected chi connectivity index (χ2v) is 3.64. The van der Waals surface area contributed by atoms with E-state index >= 15 is 0 Å². The van der Waals surface area contributed by atoms with Gasteiger partial charge in [-0.15, -0.1) is 0 Å². The molecule has 0 radical (unpaired) electrons. The van der Waals surface area contributed by atoms with E-state index in [1.165, 1.54) is 0 Å². The summed E-state index contributed by atoms with van der Waals surface area (Å²) < 4.78 is 24.8. The molecule has 1 rings (SSSR count). The van der Waals surface area contributed by atoms with Gasteiger partial charge in [-0.1, -0.05) is 15.9 Å². The van der Waals surface area contributed by atoms with Crippen molar-refractivity contribution in [3.63, 3.8) is 0 Å². The molecule has 16 heavy (non-hydrogen) atoms. The van der Waals surface area contributed by atoms with Crippen LogP contribution in [0.1, 0.15) is 23.2 Å². The normalized spacial score (nSPS) is 10.8. The van der Waals surface area contributed by atoms with Gasteiger partial charge in [-0.05, 0) is 11.6 Å². The first kappa shape index (κ1) is 12.8. The van der Waals surface area contributed by atoms with Crippen LogP contribution < -0.4 is 5.73 Å². The number of nitrogen functional groups attached to an aromatic ring is 1. The molecule has 0 aliphatic heterocycles. The Morgan fingerprint density at radius 1 is 1.62 bits per heavy atom. The number of alkyl halides is 3. The predicted molar refractivity (Wildman–Crippen MR) is 57.6 cm³/mol. The Morgan fingerprint density at radius 2 is 2.25 bits per heavy atom. The van der Waals surface area contributed by atoms with Crippen molar-refractivity contribution in [2.75, 3.05) is 5.73 Å². The third-order valence-electron chi connectivity index (χ3n) is 1.97. The maximum absolute atomic E-state index is 12.4. The number of aromatic nitrogens is 1. The summed E-state index contributed by atoms with van der Waals surface area (Å²) in [6.45, 7) is 0. The molecule has 4 nitrogen and oxygen atoms in total. The Kier molecular flexibility index (Phi) is 4.17. The van der Waals surface area contributed by atoms with Crippen LogP contribution in [-0.4, -0.2) is 16.1 Å². The first-order valence-electron chi connectivity index (χ1n) is 4.29. The van der Waals surface area contributed by atoms with Gasteiger partial charge in [0.1, 0.15) is 11.5 Å². The summed E-state index contributed by atoms with van der Waals surface area (Å²) in [6, 6.07) is 1.08. The maximum Gasteiger partial charge on any atom is 0.307 e. The smallest absolute Gasteiger partial charge is 0.307 e. The Morgan fingerprint density at radius 3 is 2.69 bits per heavy atom. The lowest BCUT2D eigenvalue weighted by molar-refractivity contribution is -0.136. The number of carbonyl (C=O) groups is 1. The van der Waals surface area contributed by atoms with Crippen LogP contribution in [0.3, 0.4) is 0 Å². The van der Waals surface area contributed by atoms with Gasteiger partial charge in [-0.2, -0.15) is 0 Å². The molecule has 0 unspecified atom stereocenters. The lowest BCUT2D eigenvalue weighted by Gasteiger charge is -2.10. The van der Waals surface area contributed by atoms with Gasteiger partial charge in [0.15, 0.2) is 0 Å². The molecule has 0 aromatic carbocycles. The largest absolute Gasteiger partial charge is 0.481 e. The molecule has 0 fully saturated rings. The summed E-state index contributed by atoms with van der Waals surface area (Å²) in [7, 11) is 0. The Balaban J connectivity index is 3.24. The first-order chi connectivity index (χ1) is 7.45. The fourth-order valence-corrected chi connectivity index (χ4v) is 1.90. The first-order valence-corrected chi connectivity index (χ1v) is 5.42. The molecule has 0 aliphatic carbocycles. The van der Waals surface area contributed by atoms with E-state index in [9.17, 15) is 13.6 Å². The monoisotopic (exact) mass is 294 g/mol. The van der Waals surface area contributed by atoms with Crippen molar-refractivity contribution in [1.82, 2.24) is 4.98 Å². The number of carboxylic acids is 1. The third kappa shape index (κ3) is 2.88. The number of hydrogen-bond acceptors (Lipinski definition) is 3. The minimum atomic E-state index is -2.76. The van der Waals surface area contributed by atoms with Crippen LogP contribution in [-0.2, 0) is 16.5 Å². The minimum Gasteiger partial charge on any atom is -0.481 e. The third-order valence-corrected chi connectivity index (χ3v) is 2.53. The fourth-order valence-electron chi connectivity index (χ4n) is 1.26. The highest BCUT2D eigenvalue weighted by Crippen LogP contribution is 2.25. The van der Waals surface area contributed by atoms with Gasteiger partial charge in [0, 0.05) is 10.9 Å². The predicted octanol–water partition coefficient (Wildman–Crippen LogP) is 2.12. The molecule has 88 valence electrons. The maximum atomic E-state index is 12.4. The fraction of sp³-hybridized carbons (Fsp3) is 0.333. The van der Waals surface area contributed by atoms with Crippen molar-refractivity contribution in [1.29, 1.82) is 0 Å². The molecular formula is C9H9BrF2N2O2. The van der Waals surface area contributed by atoms with Crippen molar-refractivity contribution in [3.8, 4) is 0 Å². The second kappa shape index (κ2) is 5.20. The van der Waals surface area contributed by atoms with Crippen LogP contribution in [0, 0.1) is 0 Å². The molecule has 1 aromatic heterocycles. The summed E-state index contributed by atoms with van der Waals surface area (Å²) in [5.41, 5.74) is 5.67. The standard InChI is InChI=1S/C9H9BrF2N2O2/c10-3-5-4(2-7(15)16)1-6(8(11)12)14-9(5)13/h1,8H,2-3H2,(H2,13,14)(H,15,16). The van der Waals surface area contributed by atoms with Gasteiger partial charge >= 0.3 is 5.97 Å². The molecule has 0 saturated carbocycles. The lowest BCUT2D eigenvalue weighted by Crippen LogP contribution is -2.09. The number of pyridine rings is 1. The van der Waals surface area contributed by atoms with Crippen LogP contribution in [0.2, 0.25) is 0 Å². The van der Waals surface area contributed by atoms with Crippen LogP contribution in [0.4, 0.5) is 14.6 Å². The highest BCUT2D eigenvalue weighted by atomic mass is 79.9. The number of halogens is 3. The molecular weight excluding hydrogens is 286 g/mol. The van der Waals surface area contributed by atoms with Crippen LogP contribution in [0.15, 0.2) is 6.07 Å². The van der Waals surface area contributed by atoms with E-state index in [4.69, 9.17) is 10.8 Å². The van der Waals surface area contributed by atoms with E-state index < -0.39 is 18.1 Å². The average Bonchev–Trinajstić information content (AvgIpc) is 2.16. The summed E-state index contributed by atoms with van der Waals surface area (Å²) >= 11 is 3.11. The summed E-state index contributed by atoms with van der Waals surface area (Å²) in [4.78, 5) is 14.1. The number of nitrogens with zero attached hydrogens (tertiary/aromatic N) is 1. The van der Waals surface area contributed by atoms with E-state index in [1.54, 1.807) is 0 Å². The van der Waals surface area contributed by atoms with E-state index in [-0.39, 0.29) is 23.1 Å². The number of nitrogens with two attached hydrogens (primary N) is 1. The van der Waals surface area contributed by atoms with Gasteiger partial charge in [0.05, 0.1) is 6.42 Å². The van der Waals surface area contributed by atoms with Crippen molar-refractivity contribution in [2.45, 2.75) is 18.2 Å². The zero-order valence-electron chi connectivity index (χ0n) is 8.08. The average molecular weight is 295 g/mol. The molecule has 0 amide bonds. The highest BCUT2D eigenvalue weighted by molar-refractivity contribution is 9.08. The van der Waals surface area contributed by atoms with E-state index in [0.717, 1.165) is 6.07 Å². The zero-order valence-corrected chi connectivity index (χ0v) is 9.67. The van der Waals surface area contributed by atoms with Gasteiger partial charge in [-0.25, -0.2) is 13.8 Å². The number of carboxylic acid groups (broad SMARTS) is 1. The number of aliphatic carboxylic acids is 1. The molecule has 0 saturated heterocycles. The Bertz CT molecular complexity index is 413. The van der Waals surface area contributed by atoms with E-state index in [1.807, 2.05) is 0 Å². The molecule has 7 heteroatoms. The van der Waals surface area contributed by atoms with E-state index in [0.29, 0.717) is 5.56 Å². The summed E-state index contributed by atoms with van der Waals surface area (Å²) in [5.74, 6) is -1.17. The van der Waals surface area contributed by atoms with Gasteiger partial charge in [0.2, 0.25) is 0 Å². The van der Waals surface area contributed by atoms with Crippen molar-refractivity contribution >= 4 is 27.7 Å². The molecule has 0 spiro atoms. The lowest BCUT2D eigenvalue weighted by atomic mass is 10.1. The summed E-state index contributed by atoms with van der Waals surface area (Å²) in [5, 5.41) is 8.92. The zero-order chi connectivity index (χ0) is 12.3. The Labute approximate surface area is 98.6 Å². The molecule has 1 heterocycles. The van der Waals surface area contributed by atoms with Crippen LogP contribution >= 0.6 is 15.9 Å². The SMILES string of the molecule is Nc1nc(C(F)F)cc(CC(=O)O)c1CBr. The van der Waals surface area contributed by atoms with Crippen molar-refractivity contribution < 1.29 is 18.7 Å². The molecule has 0 aliphatic rings. The van der Waals surface area contributed by atoms with E-state index in [2.05, 4.69) is 20.9 Å². The topological polar surface area (TPSA) is 76.2 Å². The quantitative estimate of drug-likeness (QED) is 0.834.